The molecular weight excluding hydrogens is 320 g/mol. The van der Waals surface area contributed by atoms with Crippen LogP contribution in [0, 0.1) is 0 Å². The summed E-state index contributed by atoms with van der Waals surface area (Å²) in [5, 5.41) is 19.5. The minimum atomic E-state index is -0.963. The van der Waals surface area contributed by atoms with Gasteiger partial charge in [-0.2, -0.15) is 5.11 Å². The maximum atomic E-state index is 12.2. The minimum Gasteiger partial charge on any atom is -0.481 e. The summed E-state index contributed by atoms with van der Waals surface area (Å²) >= 11 is 0. The van der Waals surface area contributed by atoms with Gasteiger partial charge in [0.05, 0.1) is 23.4 Å². The molecule has 0 heterocycles. The van der Waals surface area contributed by atoms with Crippen LogP contribution in [0.5, 0.6) is 0 Å². The molecule has 25 heavy (non-hydrogen) atoms. The van der Waals surface area contributed by atoms with Gasteiger partial charge in [0.2, 0.25) is 0 Å². The molecule has 0 bridgehead atoms. The van der Waals surface area contributed by atoms with Crippen molar-refractivity contribution in [2.75, 3.05) is 25.5 Å². The number of hydrogen-bond acceptors (Lipinski definition) is 5. The molecule has 7 nitrogen and oxygen atoms in total. The Morgan fingerprint density at radius 1 is 1.04 bits per heavy atom. The molecule has 0 saturated heterocycles. The highest BCUT2D eigenvalue weighted by Crippen LogP contribution is 2.23. The van der Waals surface area contributed by atoms with E-state index in [1.165, 1.54) is 0 Å². The van der Waals surface area contributed by atoms with Crippen LogP contribution in [0.2, 0.25) is 0 Å². The number of carboxylic acids is 1. The lowest BCUT2D eigenvalue weighted by atomic mass is 10.1. The normalized spacial score (nSPS) is 10.6. The Balaban J connectivity index is 2.11. The third kappa shape index (κ3) is 5.42. The number of rotatable bonds is 7. The minimum absolute atomic E-state index is 0.0612. The SMILES string of the molecule is CN(C)c1ccc(/N=N/c2ccccc2C(=O)NCCC(=O)O)cc1. The van der Waals surface area contributed by atoms with Crippen molar-refractivity contribution in [2.24, 2.45) is 10.2 Å². The zero-order valence-corrected chi connectivity index (χ0v) is 14.1. The number of carboxylic acid groups (broad SMARTS) is 1. The van der Waals surface area contributed by atoms with E-state index in [0.29, 0.717) is 16.9 Å². The van der Waals surface area contributed by atoms with Crippen molar-refractivity contribution in [2.45, 2.75) is 6.42 Å². The molecule has 130 valence electrons. The van der Waals surface area contributed by atoms with E-state index in [0.717, 1.165) is 5.69 Å². The van der Waals surface area contributed by atoms with Gasteiger partial charge in [-0.05, 0) is 36.4 Å². The highest BCUT2D eigenvalue weighted by atomic mass is 16.4. The number of amides is 1. The Labute approximate surface area is 146 Å². The molecule has 0 aliphatic heterocycles. The predicted octanol–water partition coefficient (Wildman–Crippen LogP) is 3.37. The summed E-state index contributed by atoms with van der Waals surface area (Å²) in [4.78, 5) is 24.7. The van der Waals surface area contributed by atoms with Crippen molar-refractivity contribution >= 4 is 28.9 Å². The molecule has 2 rings (SSSR count). The van der Waals surface area contributed by atoms with Crippen molar-refractivity contribution in [1.29, 1.82) is 0 Å². The Bertz CT molecular complexity index is 770. The zero-order valence-electron chi connectivity index (χ0n) is 14.1. The predicted molar refractivity (Wildman–Crippen MR) is 96.0 cm³/mol. The first-order valence-corrected chi connectivity index (χ1v) is 7.75. The molecule has 0 radical (unpaired) electrons. The van der Waals surface area contributed by atoms with Gasteiger partial charge >= 0.3 is 5.97 Å². The number of nitrogens with one attached hydrogen (secondary N) is 1. The number of hydrogen-bond donors (Lipinski definition) is 2. The fourth-order valence-electron chi connectivity index (χ4n) is 2.06. The second-order valence-electron chi connectivity index (χ2n) is 5.53. The van der Waals surface area contributed by atoms with Crippen LogP contribution in [0.15, 0.2) is 58.8 Å². The molecule has 0 aliphatic carbocycles. The molecule has 1 amide bonds. The maximum absolute atomic E-state index is 12.2. The quantitative estimate of drug-likeness (QED) is 0.756. The van der Waals surface area contributed by atoms with Gasteiger partial charge in [0.1, 0.15) is 0 Å². The topological polar surface area (TPSA) is 94.4 Å². The van der Waals surface area contributed by atoms with Crippen LogP contribution in [0.25, 0.3) is 0 Å². The van der Waals surface area contributed by atoms with E-state index in [1.54, 1.807) is 24.3 Å². The Hall–Kier alpha value is -3.22. The summed E-state index contributed by atoms with van der Waals surface area (Å²) in [5.74, 6) is -1.34. The number of carbonyl (C=O) groups is 2. The summed E-state index contributed by atoms with van der Waals surface area (Å²) in [7, 11) is 3.91. The van der Waals surface area contributed by atoms with Crippen molar-refractivity contribution in [3.8, 4) is 0 Å². The fraction of sp³-hybridized carbons (Fsp3) is 0.222. The fourth-order valence-corrected chi connectivity index (χ4v) is 2.06. The van der Waals surface area contributed by atoms with Crippen LogP contribution in [0.3, 0.4) is 0 Å². The lowest BCUT2D eigenvalue weighted by molar-refractivity contribution is -0.136. The third-order valence-corrected chi connectivity index (χ3v) is 3.41. The number of anilines is 1. The summed E-state index contributed by atoms with van der Waals surface area (Å²) in [6.45, 7) is 0.0612. The van der Waals surface area contributed by atoms with E-state index in [9.17, 15) is 9.59 Å². The first-order chi connectivity index (χ1) is 12.0. The smallest absolute Gasteiger partial charge is 0.305 e. The van der Waals surface area contributed by atoms with E-state index in [-0.39, 0.29) is 18.9 Å². The van der Waals surface area contributed by atoms with Gasteiger partial charge in [0.15, 0.2) is 0 Å². The molecule has 0 saturated carbocycles. The van der Waals surface area contributed by atoms with E-state index >= 15 is 0 Å². The zero-order chi connectivity index (χ0) is 18.2. The number of aliphatic carboxylic acids is 1. The molecule has 0 atom stereocenters. The van der Waals surface area contributed by atoms with Crippen molar-refractivity contribution in [3.63, 3.8) is 0 Å². The summed E-state index contributed by atoms with van der Waals surface area (Å²) in [6.07, 6.45) is -0.131. The van der Waals surface area contributed by atoms with Gasteiger partial charge in [-0.15, -0.1) is 5.11 Å². The third-order valence-electron chi connectivity index (χ3n) is 3.41. The average Bonchev–Trinajstić information content (AvgIpc) is 2.60. The van der Waals surface area contributed by atoms with Crippen LogP contribution in [0.1, 0.15) is 16.8 Å². The van der Waals surface area contributed by atoms with Crippen LogP contribution in [-0.2, 0) is 4.79 Å². The van der Waals surface area contributed by atoms with E-state index in [2.05, 4.69) is 15.5 Å². The summed E-state index contributed by atoms with van der Waals surface area (Å²) < 4.78 is 0. The largest absolute Gasteiger partial charge is 0.481 e. The van der Waals surface area contributed by atoms with Crippen molar-refractivity contribution < 1.29 is 14.7 Å². The monoisotopic (exact) mass is 340 g/mol. The van der Waals surface area contributed by atoms with Crippen molar-refractivity contribution in [1.82, 2.24) is 5.32 Å². The Kier molecular flexibility index (Phi) is 6.22. The molecule has 2 aromatic rings. The van der Waals surface area contributed by atoms with Crippen molar-refractivity contribution in [3.05, 3.63) is 54.1 Å². The van der Waals surface area contributed by atoms with Crippen LogP contribution >= 0.6 is 0 Å². The van der Waals surface area contributed by atoms with Crippen LogP contribution < -0.4 is 10.2 Å². The van der Waals surface area contributed by atoms with Gasteiger partial charge in [-0.1, -0.05) is 12.1 Å². The molecule has 0 aliphatic rings. The Morgan fingerprint density at radius 3 is 2.36 bits per heavy atom. The molecule has 0 fully saturated rings. The van der Waals surface area contributed by atoms with E-state index < -0.39 is 5.97 Å². The van der Waals surface area contributed by atoms with Gasteiger partial charge in [0, 0.05) is 26.3 Å². The summed E-state index contributed by atoms with van der Waals surface area (Å²) in [6, 6.07) is 14.3. The van der Waals surface area contributed by atoms with E-state index in [1.807, 2.05) is 43.3 Å². The van der Waals surface area contributed by atoms with Crippen LogP contribution in [-0.4, -0.2) is 37.6 Å². The molecule has 0 unspecified atom stereocenters. The Morgan fingerprint density at radius 2 is 1.72 bits per heavy atom. The van der Waals surface area contributed by atoms with E-state index in [4.69, 9.17) is 5.11 Å². The average molecular weight is 340 g/mol. The number of nitrogens with zero attached hydrogens (tertiary/aromatic N) is 3. The molecule has 7 heteroatoms. The second-order valence-corrected chi connectivity index (χ2v) is 5.53. The van der Waals surface area contributed by atoms with Gasteiger partial charge in [0.25, 0.3) is 5.91 Å². The maximum Gasteiger partial charge on any atom is 0.305 e. The van der Waals surface area contributed by atoms with Gasteiger partial charge in [-0.3, -0.25) is 9.59 Å². The number of carbonyl (C=O) groups excluding carboxylic acids is 1. The standard InChI is InChI=1S/C18H20N4O3/c1-22(2)14-9-7-13(8-10-14)20-21-16-6-4-3-5-15(16)18(25)19-12-11-17(23)24/h3-10H,11-12H2,1-2H3,(H,19,25)(H,23,24)/b21-20+. The lowest BCUT2D eigenvalue weighted by Gasteiger charge is -2.11. The van der Waals surface area contributed by atoms with Gasteiger partial charge < -0.3 is 15.3 Å². The first kappa shape index (κ1) is 18.1. The first-order valence-electron chi connectivity index (χ1n) is 7.75. The molecule has 0 spiro atoms. The molecule has 2 N–H and O–H groups in total. The molecule has 0 aromatic heterocycles. The van der Waals surface area contributed by atoms with Gasteiger partial charge in [-0.25, -0.2) is 0 Å². The number of azo groups is 1. The molecular formula is C18H20N4O3. The number of benzene rings is 2. The lowest BCUT2D eigenvalue weighted by Crippen LogP contribution is -2.26. The molecule has 2 aromatic carbocycles. The van der Waals surface area contributed by atoms with Crippen LogP contribution in [0.4, 0.5) is 17.1 Å². The second kappa shape index (κ2) is 8.58. The summed E-state index contributed by atoms with van der Waals surface area (Å²) in [5.41, 5.74) is 2.50. The highest BCUT2D eigenvalue weighted by Gasteiger charge is 2.10. The highest BCUT2D eigenvalue weighted by molar-refractivity contribution is 5.99.